The van der Waals surface area contributed by atoms with E-state index in [2.05, 4.69) is 39.9 Å². The van der Waals surface area contributed by atoms with Crippen LogP contribution in [0.4, 0.5) is 0 Å². The summed E-state index contributed by atoms with van der Waals surface area (Å²) in [6.45, 7) is 16.3. The van der Waals surface area contributed by atoms with Crippen LogP contribution in [0.25, 0.3) is 0 Å². The lowest BCUT2D eigenvalue weighted by Gasteiger charge is -2.36. The second kappa shape index (κ2) is 6.44. The van der Waals surface area contributed by atoms with Gasteiger partial charge in [-0.2, -0.15) is 0 Å². The molecule has 1 aliphatic rings. The van der Waals surface area contributed by atoms with Gasteiger partial charge >= 0.3 is 5.97 Å². The zero-order valence-electron chi connectivity index (χ0n) is 14.1. The minimum absolute atomic E-state index is 0.191. The Morgan fingerprint density at radius 1 is 1.35 bits per heavy atom. The lowest BCUT2D eigenvalue weighted by atomic mass is 10.2. The van der Waals surface area contributed by atoms with Gasteiger partial charge < -0.3 is 9.16 Å². The molecule has 116 valence electrons. The molecule has 0 bridgehead atoms. The molecule has 0 radical (unpaired) electrons. The highest BCUT2D eigenvalue weighted by Gasteiger charge is 2.41. The first-order chi connectivity index (χ1) is 9.08. The lowest BCUT2D eigenvalue weighted by Crippen LogP contribution is -2.41. The Balaban J connectivity index is 2.41. The van der Waals surface area contributed by atoms with Crippen LogP contribution in [-0.2, 0) is 14.0 Å². The van der Waals surface area contributed by atoms with E-state index < -0.39 is 8.32 Å². The number of esters is 1. The smallest absolute Gasteiger partial charge is 0.333 e. The van der Waals surface area contributed by atoms with Crippen LogP contribution in [0.3, 0.4) is 0 Å². The van der Waals surface area contributed by atoms with Crippen molar-refractivity contribution in [2.45, 2.75) is 59.2 Å². The summed E-state index contributed by atoms with van der Waals surface area (Å²) in [5.41, 5.74) is 0.728. The molecule has 2 atom stereocenters. The fourth-order valence-corrected chi connectivity index (χ4v) is 2.90. The first-order valence-electron chi connectivity index (χ1n) is 7.58. The van der Waals surface area contributed by atoms with Crippen LogP contribution >= 0.6 is 0 Å². The van der Waals surface area contributed by atoms with Crippen LogP contribution < -0.4 is 0 Å². The standard InChI is InChI=1S/C16H30O3Si/c1-8-18-15(17)12(2)9-13-10-14(13)11-19-20(6,7)16(3,4)5/h9,13-14H,8,10-11H2,1-7H3/b12-9+/t13-,14+/m0/s1. The quantitative estimate of drug-likeness (QED) is 0.420. The highest BCUT2D eigenvalue weighted by molar-refractivity contribution is 6.74. The van der Waals surface area contributed by atoms with Crippen molar-refractivity contribution in [2.24, 2.45) is 11.8 Å². The van der Waals surface area contributed by atoms with E-state index in [0.29, 0.717) is 18.4 Å². The van der Waals surface area contributed by atoms with Crippen molar-refractivity contribution < 1.29 is 14.0 Å². The normalized spacial score (nSPS) is 23.6. The third-order valence-corrected chi connectivity index (χ3v) is 9.00. The number of hydrogen-bond acceptors (Lipinski definition) is 3. The van der Waals surface area contributed by atoms with Crippen molar-refractivity contribution >= 4 is 14.3 Å². The van der Waals surface area contributed by atoms with Gasteiger partial charge in [0.25, 0.3) is 0 Å². The molecular weight excluding hydrogens is 268 g/mol. The molecule has 0 N–H and O–H groups in total. The summed E-state index contributed by atoms with van der Waals surface area (Å²) in [4.78, 5) is 11.5. The molecule has 1 fully saturated rings. The number of carbonyl (C=O) groups excluding carboxylic acids is 1. The first kappa shape index (κ1) is 17.4. The number of allylic oxidation sites excluding steroid dienone is 1. The van der Waals surface area contributed by atoms with Gasteiger partial charge in [-0.1, -0.05) is 26.8 Å². The van der Waals surface area contributed by atoms with Gasteiger partial charge in [-0.05, 0) is 50.2 Å². The Labute approximate surface area is 124 Å². The molecular formula is C16H30O3Si. The molecule has 1 aliphatic carbocycles. The van der Waals surface area contributed by atoms with Gasteiger partial charge in [0.15, 0.2) is 8.32 Å². The van der Waals surface area contributed by atoms with Crippen LogP contribution in [-0.4, -0.2) is 27.5 Å². The molecule has 1 saturated carbocycles. The largest absolute Gasteiger partial charge is 0.463 e. The summed E-state index contributed by atoms with van der Waals surface area (Å²) in [7, 11) is -1.64. The van der Waals surface area contributed by atoms with Crippen molar-refractivity contribution in [2.75, 3.05) is 13.2 Å². The Bertz CT molecular complexity index is 380. The number of rotatable bonds is 6. The second-order valence-electron chi connectivity index (χ2n) is 7.30. The van der Waals surface area contributed by atoms with Crippen LogP contribution in [0.5, 0.6) is 0 Å². The van der Waals surface area contributed by atoms with Gasteiger partial charge in [0.05, 0.1) is 6.61 Å². The maximum Gasteiger partial charge on any atom is 0.333 e. The summed E-state index contributed by atoms with van der Waals surface area (Å²) in [5, 5.41) is 0.258. The van der Waals surface area contributed by atoms with Gasteiger partial charge in [-0.15, -0.1) is 0 Å². The molecule has 0 heterocycles. The second-order valence-corrected chi connectivity index (χ2v) is 12.1. The molecule has 0 aromatic rings. The summed E-state index contributed by atoms with van der Waals surface area (Å²) in [6.07, 6.45) is 3.18. The lowest BCUT2D eigenvalue weighted by molar-refractivity contribution is -0.138. The minimum atomic E-state index is -1.64. The maximum absolute atomic E-state index is 11.5. The van der Waals surface area contributed by atoms with E-state index in [1.165, 1.54) is 0 Å². The van der Waals surface area contributed by atoms with Crippen LogP contribution in [0.15, 0.2) is 11.6 Å². The van der Waals surface area contributed by atoms with Crippen molar-refractivity contribution in [1.82, 2.24) is 0 Å². The molecule has 0 spiro atoms. The van der Waals surface area contributed by atoms with E-state index in [1.807, 2.05) is 13.8 Å². The minimum Gasteiger partial charge on any atom is -0.463 e. The number of ether oxygens (including phenoxy) is 1. The Kier molecular flexibility index (Phi) is 5.61. The van der Waals surface area contributed by atoms with Crippen molar-refractivity contribution in [3.05, 3.63) is 11.6 Å². The molecule has 4 heteroatoms. The van der Waals surface area contributed by atoms with Crippen molar-refractivity contribution in [3.63, 3.8) is 0 Å². The van der Waals surface area contributed by atoms with Gasteiger partial charge in [-0.25, -0.2) is 4.79 Å². The van der Waals surface area contributed by atoms with Crippen molar-refractivity contribution in [1.29, 1.82) is 0 Å². The Morgan fingerprint density at radius 3 is 2.45 bits per heavy atom. The topological polar surface area (TPSA) is 35.5 Å². The number of carbonyl (C=O) groups is 1. The van der Waals surface area contributed by atoms with Crippen LogP contribution in [0.1, 0.15) is 41.0 Å². The fraction of sp³-hybridized carbons (Fsp3) is 0.812. The molecule has 1 rings (SSSR count). The Hall–Kier alpha value is -0.613. The van der Waals surface area contributed by atoms with Gasteiger partial charge in [0.2, 0.25) is 0 Å². The van der Waals surface area contributed by atoms with E-state index in [4.69, 9.17) is 9.16 Å². The molecule has 0 aromatic heterocycles. The van der Waals surface area contributed by atoms with Gasteiger partial charge in [-0.3, -0.25) is 0 Å². The zero-order chi connectivity index (χ0) is 15.6. The number of hydrogen-bond donors (Lipinski definition) is 0. The van der Waals surface area contributed by atoms with Crippen molar-refractivity contribution in [3.8, 4) is 0 Å². The molecule has 3 nitrogen and oxygen atoms in total. The van der Waals surface area contributed by atoms with E-state index in [0.717, 1.165) is 18.6 Å². The monoisotopic (exact) mass is 298 g/mol. The molecule has 0 aromatic carbocycles. The third-order valence-electron chi connectivity index (χ3n) is 4.50. The van der Waals surface area contributed by atoms with E-state index in [1.54, 1.807) is 0 Å². The van der Waals surface area contributed by atoms with Crippen LogP contribution in [0.2, 0.25) is 18.1 Å². The molecule has 0 amide bonds. The Morgan fingerprint density at radius 2 is 1.95 bits per heavy atom. The maximum atomic E-state index is 11.5. The van der Waals surface area contributed by atoms with Gasteiger partial charge in [0.1, 0.15) is 0 Å². The summed E-state index contributed by atoms with van der Waals surface area (Å²) in [5.74, 6) is 0.876. The SMILES string of the molecule is CCOC(=O)/C(C)=C/[C@H]1C[C@@H]1CO[Si](C)(C)C(C)(C)C. The third kappa shape index (κ3) is 4.74. The first-order valence-corrected chi connectivity index (χ1v) is 10.5. The molecule has 0 unspecified atom stereocenters. The van der Waals surface area contributed by atoms with E-state index in [9.17, 15) is 4.79 Å². The highest BCUT2D eigenvalue weighted by Crippen LogP contribution is 2.43. The average Bonchev–Trinajstić information content (AvgIpc) is 3.04. The fourth-order valence-electron chi connectivity index (χ4n) is 1.83. The van der Waals surface area contributed by atoms with E-state index >= 15 is 0 Å². The van der Waals surface area contributed by atoms with E-state index in [-0.39, 0.29) is 11.0 Å². The molecule has 0 aliphatic heterocycles. The molecule has 20 heavy (non-hydrogen) atoms. The van der Waals surface area contributed by atoms with Crippen LogP contribution in [0, 0.1) is 11.8 Å². The zero-order valence-corrected chi connectivity index (χ0v) is 15.1. The predicted octanol–water partition coefficient (Wildman–Crippen LogP) is 4.15. The van der Waals surface area contributed by atoms with Gasteiger partial charge in [0, 0.05) is 12.2 Å². The average molecular weight is 298 g/mol. The predicted molar refractivity (Wildman–Crippen MR) is 85.1 cm³/mol. The summed E-state index contributed by atoms with van der Waals surface area (Å²) < 4.78 is 11.2. The molecule has 0 saturated heterocycles. The summed E-state index contributed by atoms with van der Waals surface area (Å²) in [6, 6.07) is 0. The summed E-state index contributed by atoms with van der Waals surface area (Å²) >= 11 is 0. The highest BCUT2D eigenvalue weighted by atomic mass is 28.4.